The molecule has 0 saturated carbocycles. The van der Waals surface area contributed by atoms with Crippen LogP contribution in [0.1, 0.15) is 52.4 Å². The van der Waals surface area contributed by atoms with Crippen LogP contribution in [0.3, 0.4) is 0 Å². The molecule has 0 aromatic carbocycles. The van der Waals surface area contributed by atoms with Gasteiger partial charge in [0.25, 0.3) is 5.78 Å². The fourth-order valence-corrected chi connectivity index (χ4v) is 2.85. The van der Waals surface area contributed by atoms with E-state index in [0.29, 0.717) is 32.0 Å². The van der Waals surface area contributed by atoms with Crippen LogP contribution in [-0.2, 0) is 22.5 Å². The average Bonchev–Trinajstić information content (AvgIpc) is 3.04. The van der Waals surface area contributed by atoms with Gasteiger partial charge in [-0.15, -0.1) is 0 Å². The Labute approximate surface area is 141 Å². The molecule has 2 heterocycles. The summed E-state index contributed by atoms with van der Waals surface area (Å²) in [5.41, 5.74) is -0.511. The fourth-order valence-electron chi connectivity index (χ4n) is 2.85. The van der Waals surface area contributed by atoms with Gasteiger partial charge in [0.2, 0.25) is 0 Å². The number of alkyl halides is 3. The number of ether oxygens (including phenoxy) is 1. The van der Waals surface area contributed by atoms with Crippen molar-refractivity contribution in [2.24, 2.45) is 4.99 Å². The maximum Gasteiger partial charge on any atom is 0.429 e. The van der Waals surface area contributed by atoms with Crippen LogP contribution >= 0.6 is 0 Å². The summed E-state index contributed by atoms with van der Waals surface area (Å²) in [5.74, 6) is -3.30. The van der Waals surface area contributed by atoms with E-state index in [-0.39, 0.29) is 23.4 Å². The van der Waals surface area contributed by atoms with E-state index in [1.54, 1.807) is 6.92 Å². The van der Waals surface area contributed by atoms with Crippen molar-refractivity contribution in [3.05, 3.63) is 22.5 Å². The van der Waals surface area contributed by atoms with Crippen molar-refractivity contribution in [1.29, 1.82) is 0 Å². The van der Waals surface area contributed by atoms with Gasteiger partial charge in [-0.05, 0) is 39.2 Å². The molecular weight excluding hydrogens is 341 g/mol. The van der Waals surface area contributed by atoms with Gasteiger partial charge < -0.3 is 9.30 Å². The molecule has 1 aromatic heterocycles. The number of aromatic nitrogens is 1. The monoisotopic (exact) mass is 358 g/mol. The van der Waals surface area contributed by atoms with Gasteiger partial charge >= 0.3 is 18.1 Å². The number of ketones is 1. The Balaban J connectivity index is 2.47. The molecule has 0 spiro atoms. The summed E-state index contributed by atoms with van der Waals surface area (Å²) in [6, 6.07) is 0. The molecule has 1 aromatic rings. The first kappa shape index (κ1) is 18.9. The molecule has 2 rings (SSSR count). The number of fused-ring (bicyclic) bond motifs is 1. The van der Waals surface area contributed by atoms with Crippen LogP contribution in [0, 0.1) is 6.92 Å². The second-order valence-electron chi connectivity index (χ2n) is 5.60. The first-order valence-electron chi connectivity index (χ1n) is 7.69. The highest BCUT2D eigenvalue weighted by Gasteiger charge is 2.36. The zero-order valence-electron chi connectivity index (χ0n) is 14.0. The fraction of sp³-hybridized carbons (Fsp3) is 0.500. The van der Waals surface area contributed by atoms with E-state index in [2.05, 4.69) is 4.99 Å². The molecule has 136 valence electrons. The van der Waals surface area contributed by atoms with E-state index in [0.717, 1.165) is 0 Å². The number of aliphatic imine (C=N–C) groups is 1. The molecule has 0 fully saturated rings. The number of hydrogen-bond acceptors (Lipinski definition) is 4. The summed E-state index contributed by atoms with van der Waals surface area (Å²) in [4.78, 5) is 39.3. The molecule has 0 saturated heterocycles. The molecule has 0 radical (unpaired) electrons. The molecular formula is C16H17F3N2O4. The molecule has 1 aliphatic rings. The van der Waals surface area contributed by atoms with E-state index >= 15 is 0 Å². The summed E-state index contributed by atoms with van der Waals surface area (Å²) in [6.07, 6.45) is -3.62. The summed E-state index contributed by atoms with van der Waals surface area (Å²) in [5, 5.41) is 0. The lowest BCUT2D eigenvalue weighted by Gasteiger charge is -2.06. The summed E-state index contributed by atoms with van der Waals surface area (Å²) in [7, 11) is 0. The van der Waals surface area contributed by atoms with Crippen molar-refractivity contribution in [3.8, 4) is 0 Å². The molecule has 0 atom stereocenters. The van der Waals surface area contributed by atoms with Gasteiger partial charge in [-0.25, -0.2) is 9.79 Å². The van der Waals surface area contributed by atoms with Crippen LogP contribution in [0.25, 0.3) is 0 Å². The minimum atomic E-state index is -4.79. The summed E-state index contributed by atoms with van der Waals surface area (Å²) < 4.78 is 44.0. The number of amides is 1. The molecule has 1 amide bonds. The summed E-state index contributed by atoms with van der Waals surface area (Å²) >= 11 is 0. The first-order valence-corrected chi connectivity index (χ1v) is 7.69. The standard InChI is InChI=1S/C16H17F3N2O4/c1-4-25-15(24)11-8(2)12(21-7-5-6-10(11)21)13(22)14(23)20-9(3)16(17,18)19/h4-7H2,1-3H3. The van der Waals surface area contributed by atoms with E-state index in [1.807, 2.05) is 0 Å². The predicted molar refractivity (Wildman–Crippen MR) is 81.9 cm³/mol. The molecule has 0 bridgehead atoms. The largest absolute Gasteiger partial charge is 0.462 e. The Hall–Kier alpha value is -2.45. The molecule has 6 nitrogen and oxygen atoms in total. The minimum Gasteiger partial charge on any atom is -0.462 e. The number of halogens is 3. The van der Waals surface area contributed by atoms with Gasteiger partial charge in [-0.2, -0.15) is 13.2 Å². The zero-order chi connectivity index (χ0) is 18.9. The maximum absolute atomic E-state index is 12.5. The van der Waals surface area contributed by atoms with Crippen LogP contribution in [-0.4, -0.2) is 40.7 Å². The normalized spacial score (nSPS) is 14.4. The zero-order valence-corrected chi connectivity index (χ0v) is 14.0. The minimum absolute atomic E-state index is 0.0979. The maximum atomic E-state index is 12.5. The number of rotatable bonds is 4. The molecule has 9 heteroatoms. The first-order chi connectivity index (χ1) is 11.6. The Morgan fingerprint density at radius 2 is 1.92 bits per heavy atom. The third-order valence-electron chi connectivity index (χ3n) is 3.98. The highest BCUT2D eigenvalue weighted by Crippen LogP contribution is 2.30. The molecule has 1 aliphatic heterocycles. The van der Waals surface area contributed by atoms with E-state index in [4.69, 9.17) is 4.74 Å². The highest BCUT2D eigenvalue weighted by atomic mass is 19.4. The van der Waals surface area contributed by atoms with Crippen LogP contribution in [0.15, 0.2) is 4.99 Å². The van der Waals surface area contributed by atoms with Crippen molar-refractivity contribution in [2.45, 2.75) is 46.3 Å². The Bertz CT molecular complexity index is 775. The number of carbonyl (C=O) groups is 3. The van der Waals surface area contributed by atoms with Crippen molar-refractivity contribution >= 4 is 23.4 Å². The lowest BCUT2D eigenvalue weighted by Crippen LogP contribution is -2.24. The van der Waals surface area contributed by atoms with Crippen LogP contribution in [0.4, 0.5) is 13.2 Å². The third-order valence-corrected chi connectivity index (χ3v) is 3.98. The number of hydrogen-bond donors (Lipinski definition) is 0. The Morgan fingerprint density at radius 3 is 2.48 bits per heavy atom. The van der Waals surface area contributed by atoms with E-state index in [1.165, 1.54) is 11.5 Å². The van der Waals surface area contributed by atoms with Gasteiger partial charge in [0.1, 0.15) is 5.71 Å². The number of esters is 1. The van der Waals surface area contributed by atoms with Crippen molar-refractivity contribution in [1.82, 2.24) is 4.57 Å². The topological polar surface area (TPSA) is 77.7 Å². The number of carbonyl (C=O) groups excluding carboxylic acids is 3. The predicted octanol–water partition coefficient (Wildman–Crippen LogP) is 2.65. The molecule has 0 N–H and O–H groups in total. The van der Waals surface area contributed by atoms with Gasteiger partial charge in [-0.3, -0.25) is 9.59 Å². The number of nitrogens with zero attached hydrogens (tertiary/aromatic N) is 2. The highest BCUT2D eigenvalue weighted by molar-refractivity contribution is 6.44. The van der Waals surface area contributed by atoms with Gasteiger partial charge in [0.15, 0.2) is 0 Å². The van der Waals surface area contributed by atoms with E-state index < -0.39 is 29.5 Å². The number of Topliss-reactive ketones (excluding diaryl/α,β-unsaturated/α-hetero) is 1. The van der Waals surface area contributed by atoms with Crippen molar-refractivity contribution in [3.63, 3.8) is 0 Å². The van der Waals surface area contributed by atoms with Crippen molar-refractivity contribution < 1.29 is 32.3 Å². The third kappa shape index (κ3) is 3.49. The van der Waals surface area contributed by atoms with Crippen LogP contribution < -0.4 is 0 Å². The second kappa shape index (κ2) is 6.81. The molecule has 0 aliphatic carbocycles. The SMILES string of the molecule is CCOC(=O)c1c(C)c(C(=O)C(=O)N=C(C)C(F)(F)F)n2c1CCC2. The average molecular weight is 358 g/mol. The quantitative estimate of drug-likeness (QED) is 0.359. The lowest BCUT2D eigenvalue weighted by atomic mass is 10.1. The van der Waals surface area contributed by atoms with Gasteiger partial charge in [-0.1, -0.05) is 0 Å². The molecule has 0 unspecified atom stereocenters. The molecule has 25 heavy (non-hydrogen) atoms. The Kier molecular flexibility index (Phi) is 5.15. The van der Waals surface area contributed by atoms with Crippen molar-refractivity contribution in [2.75, 3.05) is 6.61 Å². The Morgan fingerprint density at radius 1 is 1.28 bits per heavy atom. The smallest absolute Gasteiger partial charge is 0.429 e. The van der Waals surface area contributed by atoms with Crippen LogP contribution in [0.5, 0.6) is 0 Å². The van der Waals surface area contributed by atoms with Gasteiger partial charge in [0.05, 0.1) is 17.9 Å². The van der Waals surface area contributed by atoms with E-state index in [9.17, 15) is 27.6 Å². The summed E-state index contributed by atoms with van der Waals surface area (Å²) in [6.45, 7) is 4.25. The lowest BCUT2D eigenvalue weighted by molar-refractivity contribution is -0.114. The second-order valence-corrected chi connectivity index (χ2v) is 5.60. The van der Waals surface area contributed by atoms with Gasteiger partial charge in [0, 0.05) is 12.2 Å². The van der Waals surface area contributed by atoms with Crippen LogP contribution in [0.2, 0.25) is 0 Å².